The second-order valence-corrected chi connectivity index (χ2v) is 6.89. The van der Waals surface area contributed by atoms with Crippen LogP contribution in [0.5, 0.6) is 0 Å². The fraction of sp³-hybridized carbons (Fsp3) is 0.250. The van der Waals surface area contributed by atoms with Crippen LogP contribution in [-0.4, -0.2) is 11.2 Å². The molecule has 0 saturated heterocycles. The molecule has 0 heterocycles. The van der Waals surface area contributed by atoms with Crippen LogP contribution < -0.4 is 18.6 Å². The van der Waals surface area contributed by atoms with Crippen molar-refractivity contribution in [3.05, 3.63) is 112 Å². The molecule has 168 valence electrons. The number of halogens is 1. The van der Waals surface area contributed by atoms with Crippen molar-refractivity contribution in [3.63, 3.8) is 0 Å². The molecule has 1 aromatic carbocycles. The number of unbranched alkanes of at least 4 members (excludes halogenated alkanes) is 2. The quantitative estimate of drug-likeness (QED) is 0.433. The van der Waals surface area contributed by atoms with E-state index in [2.05, 4.69) is 13.0 Å². The molecule has 10 radical (unpaired) electrons. The van der Waals surface area contributed by atoms with E-state index in [-0.39, 0.29) is 32.3 Å². The fourth-order valence-corrected chi connectivity index (χ4v) is 2.14. The Kier molecular flexibility index (Phi) is 24.7. The average molecular weight is 525 g/mol. The third kappa shape index (κ3) is 29.9. The standard InChI is InChI=1S/C14H20O.2C5H5.ClHO4.Zr/c1-2-3-4-8-11-14(15)12-13-9-6-5-7-10-13;2*1-2-4-5-3-1;2-1(3,4)5;/h5-11,14-15H,2-4,12H2,1H3;2*1-5H;(H,2,3,4,5);/p-1/b11-8+;;;;. The minimum Gasteiger partial charge on any atom is -0.389 e. The molecule has 0 bridgehead atoms. The van der Waals surface area contributed by atoms with Crippen LogP contribution in [0.1, 0.15) is 31.7 Å². The Morgan fingerprint density at radius 1 is 0.806 bits per heavy atom. The van der Waals surface area contributed by atoms with Crippen LogP contribution in [0.15, 0.2) is 42.5 Å². The maximum atomic E-state index is 9.72. The van der Waals surface area contributed by atoms with Gasteiger partial charge in [-0.25, -0.2) is 18.6 Å². The monoisotopic (exact) mass is 523 g/mol. The second kappa shape index (κ2) is 23.1. The maximum Gasteiger partial charge on any atom is 0.0761 e. The zero-order chi connectivity index (χ0) is 22.5. The number of hydrogen-bond donors (Lipinski definition) is 1. The molecule has 2 aliphatic carbocycles. The number of benzene rings is 1. The van der Waals surface area contributed by atoms with Gasteiger partial charge in [-0.15, -0.1) is 10.2 Å². The van der Waals surface area contributed by atoms with E-state index in [0.717, 1.165) is 6.42 Å². The van der Waals surface area contributed by atoms with Crippen LogP contribution in [0.2, 0.25) is 0 Å². The SMILES string of the molecule is CCCC/C=C/C(O)Cc1ccccc1.[CH]1[CH][CH][CH][CH]1.[CH]1[CH][CH][CH][CH]1.[O-][Cl+3]([O-])([O-])[O-].[Zr]. The summed E-state index contributed by atoms with van der Waals surface area (Å²) in [5, 5.41) is 9.72. The van der Waals surface area contributed by atoms with Gasteiger partial charge in [-0.1, -0.05) is 62.2 Å². The Bertz CT molecular complexity index is 469. The molecule has 1 unspecified atom stereocenters. The van der Waals surface area contributed by atoms with Gasteiger partial charge in [-0.05, 0) is 76.2 Å². The smallest absolute Gasteiger partial charge is 0.0761 e. The van der Waals surface area contributed by atoms with Crippen molar-refractivity contribution >= 4 is 0 Å². The number of aliphatic hydroxyl groups excluding tert-OH is 1. The first kappa shape index (κ1) is 33.1. The number of rotatable bonds is 6. The van der Waals surface area contributed by atoms with Gasteiger partial charge in [0.25, 0.3) is 0 Å². The van der Waals surface area contributed by atoms with Gasteiger partial charge in [-0.3, -0.25) is 0 Å². The van der Waals surface area contributed by atoms with Crippen molar-refractivity contribution in [2.45, 2.75) is 38.7 Å². The van der Waals surface area contributed by atoms with Crippen LogP contribution in [0.3, 0.4) is 0 Å². The summed E-state index contributed by atoms with van der Waals surface area (Å²) in [5.74, 6) is 0. The normalized spacial score (nSPS) is 16.1. The first-order valence-electron chi connectivity index (χ1n) is 9.66. The van der Waals surface area contributed by atoms with Crippen LogP contribution >= 0.6 is 0 Å². The summed E-state index contributed by atoms with van der Waals surface area (Å²) in [7, 11) is -4.94. The largest absolute Gasteiger partial charge is 0.389 e. The third-order valence-corrected chi connectivity index (χ3v) is 3.48. The van der Waals surface area contributed by atoms with E-state index in [0.29, 0.717) is 6.42 Å². The Morgan fingerprint density at radius 3 is 1.55 bits per heavy atom. The molecule has 0 aliphatic heterocycles. The summed E-state index contributed by atoms with van der Waals surface area (Å²) in [6.45, 7) is 2.17. The van der Waals surface area contributed by atoms with Gasteiger partial charge in [0, 0.05) is 32.6 Å². The van der Waals surface area contributed by atoms with Gasteiger partial charge in [0.2, 0.25) is 0 Å². The molecule has 0 aromatic heterocycles. The summed E-state index contributed by atoms with van der Waals surface area (Å²) >= 11 is 0. The Morgan fingerprint density at radius 2 is 1.19 bits per heavy atom. The van der Waals surface area contributed by atoms with E-state index in [9.17, 15) is 5.11 Å². The molecular formula is C24H30ClO5Zr-. The maximum absolute atomic E-state index is 9.72. The van der Waals surface area contributed by atoms with E-state index in [4.69, 9.17) is 18.6 Å². The number of aliphatic hydroxyl groups is 1. The van der Waals surface area contributed by atoms with E-state index in [1.54, 1.807) is 0 Å². The fourth-order valence-electron chi connectivity index (χ4n) is 2.14. The molecule has 0 spiro atoms. The average Bonchev–Trinajstić information content (AvgIpc) is 3.44. The number of hydrogen-bond acceptors (Lipinski definition) is 5. The van der Waals surface area contributed by atoms with Crippen molar-refractivity contribution in [2.24, 2.45) is 0 Å². The molecular weight excluding hydrogens is 495 g/mol. The molecule has 31 heavy (non-hydrogen) atoms. The predicted molar refractivity (Wildman–Crippen MR) is 108 cm³/mol. The molecule has 2 saturated carbocycles. The molecule has 1 atom stereocenters. The van der Waals surface area contributed by atoms with Crippen molar-refractivity contribution in [3.8, 4) is 0 Å². The van der Waals surface area contributed by atoms with Gasteiger partial charge in [0.15, 0.2) is 0 Å². The topological polar surface area (TPSA) is 112 Å². The molecule has 3 rings (SSSR count). The first-order chi connectivity index (χ1) is 14.3. The minimum absolute atomic E-state index is 0. The number of allylic oxidation sites excluding steroid dienone is 1. The van der Waals surface area contributed by atoms with E-state index in [1.807, 2.05) is 101 Å². The second-order valence-electron chi connectivity index (χ2n) is 6.13. The van der Waals surface area contributed by atoms with E-state index >= 15 is 0 Å². The zero-order valence-electron chi connectivity index (χ0n) is 17.7. The van der Waals surface area contributed by atoms with Gasteiger partial charge >= 0.3 is 0 Å². The summed E-state index contributed by atoms with van der Waals surface area (Å²) in [4.78, 5) is 0. The molecule has 0 amide bonds. The van der Waals surface area contributed by atoms with Gasteiger partial charge in [0.05, 0.1) is 6.10 Å². The summed E-state index contributed by atoms with van der Waals surface area (Å²) in [6.07, 6.45) is 27.8. The van der Waals surface area contributed by atoms with Crippen LogP contribution in [-0.2, 0) is 32.6 Å². The summed E-state index contributed by atoms with van der Waals surface area (Å²) in [5.41, 5.74) is 1.19. The van der Waals surface area contributed by atoms with E-state index < -0.39 is 10.2 Å². The van der Waals surface area contributed by atoms with Crippen LogP contribution in [0.25, 0.3) is 0 Å². The summed E-state index contributed by atoms with van der Waals surface area (Å²) < 4.78 is 34.0. The molecule has 2 aliphatic rings. The summed E-state index contributed by atoms with van der Waals surface area (Å²) in [6, 6.07) is 10.1. The van der Waals surface area contributed by atoms with Crippen LogP contribution in [0.4, 0.5) is 0 Å². The van der Waals surface area contributed by atoms with E-state index in [1.165, 1.54) is 18.4 Å². The molecule has 1 aromatic rings. The van der Waals surface area contributed by atoms with Gasteiger partial charge in [-0.2, -0.15) is 0 Å². The molecule has 1 N–H and O–H groups in total. The predicted octanol–water partition coefficient (Wildman–Crippen LogP) is 0.621. The Hall–Kier alpha value is -0.0669. The van der Waals surface area contributed by atoms with Crippen molar-refractivity contribution in [1.82, 2.24) is 0 Å². The molecule has 7 heteroatoms. The van der Waals surface area contributed by atoms with Crippen molar-refractivity contribution in [2.75, 3.05) is 0 Å². The zero-order valence-corrected chi connectivity index (χ0v) is 20.9. The minimum atomic E-state index is -4.94. The molecule has 2 fully saturated rings. The van der Waals surface area contributed by atoms with Gasteiger partial charge < -0.3 is 5.11 Å². The molecule has 5 nitrogen and oxygen atoms in total. The first-order valence-corrected chi connectivity index (χ1v) is 10.9. The van der Waals surface area contributed by atoms with Crippen molar-refractivity contribution < 1.29 is 60.2 Å². The third-order valence-electron chi connectivity index (χ3n) is 3.48. The van der Waals surface area contributed by atoms with Crippen LogP contribution in [0, 0.1) is 74.5 Å². The van der Waals surface area contributed by atoms with Gasteiger partial charge in [0.1, 0.15) is 0 Å². The Balaban J connectivity index is 0. The van der Waals surface area contributed by atoms with Crippen molar-refractivity contribution in [1.29, 1.82) is 0 Å². The Labute approximate surface area is 210 Å².